The Hall–Kier alpha value is -3.12. The molecule has 0 nitrogen and oxygen atoms in total. The monoisotopic (exact) mass is 530 g/mol. The van der Waals surface area contributed by atoms with Crippen LogP contribution in [-0.4, -0.2) is 0 Å². The molecule has 0 aliphatic rings. The average Bonchev–Trinajstić information content (AvgIpc) is 3.02. The molecule has 0 aliphatic carbocycles. The SMILES string of the molecule is CCC(C)(CC(C)(CCC(C)(CC(C)(CC)c1ccccc1)c1ccccc1)c1ccccc1)c1ccccc1. The van der Waals surface area contributed by atoms with Crippen molar-refractivity contribution in [3.63, 3.8) is 0 Å². The van der Waals surface area contributed by atoms with Gasteiger partial charge in [-0.3, -0.25) is 0 Å². The maximum absolute atomic E-state index is 2.53. The van der Waals surface area contributed by atoms with Gasteiger partial charge in [0.05, 0.1) is 0 Å². The second kappa shape index (κ2) is 12.6. The summed E-state index contributed by atoms with van der Waals surface area (Å²) in [6, 6.07) is 45.0. The van der Waals surface area contributed by atoms with Crippen molar-refractivity contribution in [1.29, 1.82) is 0 Å². The zero-order valence-corrected chi connectivity index (χ0v) is 25.8. The van der Waals surface area contributed by atoms with Crippen LogP contribution in [0.1, 0.15) is 102 Å². The molecule has 4 aromatic carbocycles. The molecule has 40 heavy (non-hydrogen) atoms. The fourth-order valence-electron chi connectivity index (χ4n) is 7.17. The molecule has 210 valence electrons. The first-order chi connectivity index (χ1) is 19.2. The minimum atomic E-state index is 0.0489. The summed E-state index contributed by atoms with van der Waals surface area (Å²) in [6.07, 6.45) is 6.77. The molecule has 0 aromatic heterocycles. The van der Waals surface area contributed by atoms with Crippen molar-refractivity contribution in [2.45, 2.75) is 102 Å². The molecule has 0 amide bonds. The number of hydrogen-bond acceptors (Lipinski definition) is 0. The second-order valence-corrected chi connectivity index (χ2v) is 13.3. The van der Waals surface area contributed by atoms with E-state index in [1.807, 2.05) is 0 Å². The Morgan fingerprint density at radius 1 is 0.350 bits per heavy atom. The van der Waals surface area contributed by atoms with Crippen molar-refractivity contribution < 1.29 is 0 Å². The first-order valence-corrected chi connectivity index (χ1v) is 15.4. The Balaban J connectivity index is 1.73. The van der Waals surface area contributed by atoms with Crippen molar-refractivity contribution in [3.05, 3.63) is 144 Å². The van der Waals surface area contributed by atoms with Crippen LogP contribution in [0.3, 0.4) is 0 Å². The third-order valence-electron chi connectivity index (χ3n) is 10.2. The first kappa shape index (κ1) is 29.9. The highest BCUT2D eigenvalue weighted by Crippen LogP contribution is 2.49. The van der Waals surface area contributed by atoms with E-state index in [9.17, 15) is 0 Å². The molecule has 0 spiro atoms. The predicted octanol–water partition coefficient (Wildman–Crippen LogP) is 11.2. The van der Waals surface area contributed by atoms with Crippen molar-refractivity contribution in [2.24, 2.45) is 0 Å². The maximum atomic E-state index is 2.53. The summed E-state index contributed by atoms with van der Waals surface area (Å²) in [5.74, 6) is 0. The molecular formula is C40H50. The lowest BCUT2D eigenvalue weighted by Gasteiger charge is -2.45. The molecule has 0 heteroatoms. The van der Waals surface area contributed by atoms with E-state index in [2.05, 4.69) is 163 Å². The van der Waals surface area contributed by atoms with Gasteiger partial charge >= 0.3 is 0 Å². The van der Waals surface area contributed by atoms with Crippen LogP contribution in [-0.2, 0) is 21.7 Å². The molecule has 0 heterocycles. The number of rotatable bonds is 13. The fourth-order valence-corrected chi connectivity index (χ4v) is 7.17. The molecule has 0 N–H and O–H groups in total. The van der Waals surface area contributed by atoms with E-state index in [0.29, 0.717) is 0 Å². The van der Waals surface area contributed by atoms with E-state index in [4.69, 9.17) is 0 Å². The van der Waals surface area contributed by atoms with Crippen LogP contribution in [0.5, 0.6) is 0 Å². The number of hydrogen-bond donors (Lipinski definition) is 0. The lowest BCUT2D eigenvalue weighted by Crippen LogP contribution is -2.38. The minimum Gasteiger partial charge on any atom is -0.0645 e. The van der Waals surface area contributed by atoms with Crippen LogP contribution in [0.25, 0.3) is 0 Å². The van der Waals surface area contributed by atoms with Crippen LogP contribution in [0, 0.1) is 0 Å². The van der Waals surface area contributed by atoms with Gasteiger partial charge in [0.25, 0.3) is 0 Å². The van der Waals surface area contributed by atoms with E-state index in [1.165, 1.54) is 22.3 Å². The predicted molar refractivity (Wildman–Crippen MR) is 174 cm³/mol. The Bertz CT molecular complexity index is 1190. The normalized spacial score (nSPS) is 17.6. The van der Waals surface area contributed by atoms with Gasteiger partial charge in [-0.05, 0) is 82.4 Å². The van der Waals surface area contributed by atoms with Gasteiger partial charge in [0.15, 0.2) is 0 Å². The van der Waals surface area contributed by atoms with E-state index in [1.54, 1.807) is 0 Å². The molecule has 4 unspecified atom stereocenters. The lowest BCUT2D eigenvalue weighted by molar-refractivity contribution is 0.227. The summed E-state index contributed by atoms with van der Waals surface area (Å²) < 4.78 is 0. The topological polar surface area (TPSA) is 0 Å². The Labute approximate surface area is 244 Å². The van der Waals surface area contributed by atoms with Gasteiger partial charge in [0, 0.05) is 0 Å². The molecule has 0 radical (unpaired) electrons. The average molecular weight is 531 g/mol. The molecule has 4 atom stereocenters. The summed E-state index contributed by atoms with van der Waals surface area (Å²) in [7, 11) is 0. The Kier molecular flexibility index (Phi) is 9.40. The quantitative estimate of drug-likeness (QED) is 0.161. The van der Waals surface area contributed by atoms with Crippen LogP contribution in [0.4, 0.5) is 0 Å². The molecule has 0 bridgehead atoms. The van der Waals surface area contributed by atoms with E-state index < -0.39 is 0 Å². The van der Waals surface area contributed by atoms with Crippen LogP contribution in [0.2, 0.25) is 0 Å². The highest BCUT2D eigenvalue weighted by molar-refractivity contribution is 5.33. The smallest absolute Gasteiger partial charge is 0.00666 e. The summed E-state index contributed by atoms with van der Waals surface area (Å²) >= 11 is 0. The molecule has 0 saturated heterocycles. The lowest BCUT2D eigenvalue weighted by atomic mass is 9.59. The number of benzene rings is 4. The molecular weight excluding hydrogens is 480 g/mol. The van der Waals surface area contributed by atoms with E-state index in [0.717, 1.165) is 38.5 Å². The molecule has 4 rings (SSSR count). The molecule has 0 saturated carbocycles. The third-order valence-corrected chi connectivity index (χ3v) is 10.2. The fraction of sp³-hybridized carbons (Fsp3) is 0.400. The van der Waals surface area contributed by atoms with Gasteiger partial charge in [-0.25, -0.2) is 0 Å². The van der Waals surface area contributed by atoms with E-state index >= 15 is 0 Å². The summed E-state index contributed by atoms with van der Waals surface area (Å²) in [6.45, 7) is 14.7. The summed E-state index contributed by atoms with van der Waals surface area (Å²) in [4.78, 5) is 0. The van der Waals surface area contributed by atoms with Gasteiger partial charge in [0.2, 0.25) is 0 Å². The molecule has 4 aromatic rings. The highest BCUT2D eigenvalue weighted by atomic mass is 14.5. The van der Waals surface area contributed by atoms with Crippen molar-refractivity contribution in [2.75, 3.05) is 0 Å². The zero-order valence-electron chi connectivity index (χ0n) is 25.8. The second-order valence-electron chi connectivity index (χ2n) is 13.3. The first-order valence-electron chi connectivity index (χ1n) is 15.4. The summed E-state index contributed by atoms with van der Waals surface area (Å²) in [5, 5.41) is 0. The standard InChI is InChI=1S/C40H50/c1-7-37(3,33-21-13-9-14-22-33)31-39(5,35-25-17-11-18-26-35)29-30-40(6,36-27-19-12-20-28-36)32-38(4,8-2)34-23-15-10-16-24-34/h9-28H,7-8,29-32H2,1-6H3. The Morgan fingerprint density at radius 2 is 0.575 bits per heavy atom. The van der Waals surface area contributed by atoms with Gasteiger partial charge in [-0.15, -0.1) is 0 Å². The third kappa shape index (κ3) is 6.60. The van der Waals surface area contributed by atoms with Gasteiger partial charge in [-0.1, -0.05) is 163 Å². The summed E-state index contributed by atoms with van der Waals surface area (Å²) in [5.41, 5.74) is 6.14. The highest BCUT2D eigenvalue weighted by Gasteiger charge is 2.41. The van der Waals surface area contributed by atoms with Crippen LogP contribution < -0.4 is 0 Å². The molecule has 0 aliphatic heterocycles. The van der Waals surface area contributed by atoms with Gasteiger partial charge in [0.1, 0.15) is 0 Å². The maximum Gasteiger partial charge on any atom is -0.00666 e. The van der Waals surface area contributed by atoms with Gasteiger partial charge < -0.3 is 0 Å². The molecule has 0 fully saturated rings. The van der Waals surface area contributed by atoms with E-state index in [-0.39, 0.29) is 21.7 Å². The van der Waals surface area contributed by atoms with Crippen LogP contribution >= 0.6 is 0 Å². The Morgan fingerprint density at radius 3 is 0.800 bits per heavy atom. The zero-order chi connectivity index (χ0) is 28.7. The minimum absolute atomic E-state index is 0.0489. The van der Waals surface area contributed by atoms with Crippen molar-refractivity contribution >= 4 is 0 Å². The largest absolute Gasteiger partial charge is 0.0645 e. The van der Waals surface area contributed by atoms with Crippen molar-refractivity contribution in [1.82, 2.24) is 0 Å². The van der Waals surface area contributed by atoms with Gasteiger partial charge in [-0.2, -0.15) is 0 Å². The van der Waals surface area contributed by atoms with Crippen molar-refractivity contribution in [3.8, 4) is 0 Å². The van der Waals surface area contributed by atoms with Crippen LogP contribution in [0.15, 0.2) is 121 Å².